The SMILES string of the molecule is Nc1ccccc1OCCCC(=O)Nc1ccc(I)cc1F. The zero-order valence-corrected chi connectivity index (χ0v) is 14.0. The van der Waals surface area contributed by atoms with Crippen molar-refractivity contribution in [1.82, 2.24) is 0 Å². The van der Waals surface area contributed by atoms with Gasteiger partial charge in [-0.25, -0.2) is 4.39 Å². The molecule has 0 heterocycles. The van der Waals surface area contributed by atoms with Gasteiger partial charge < -0.3 is 15.8 Å². The zero-order valence-electron chi connectivity index (χ0n) is 11.8. The van der Waals surface area contributed by atoms with Crippen LogP contribution in [0.2, 0.25) is 0 Å². The Morgan fingerprint density at radius 1 is 1.27 bits per heavy atom. The Hall–Kier alpha value is -1.83. The fraction of sp³-hybridized carbons (Fsp3) is 0.188. The maximum atomic E-state index is 13.6. The third-order valence-corrected chi connectivity index (χ3v) is 3.60. The van der Waals surface area contributed by atoms with Gasteiger partial charge in [0.15, 0.2) is 0 Å². The van der Waals surface area contributed by atoms with Crippen LogP contribution in [-0.2, 0) is 4.79 Å². The van der Waals surface area contributed by atoms with Crippen molar-refractivity contribution < 1.29 is 13.9 Å². The van der Waals surface area contributed by atoms with Crippen LogP contribution in [-0.4, -0.2) is 12.5 Å². The number of carbonyl (C=O) groups is 1. The summed E-state index contributed by atoms with van der Waals surface area (Å²) in [7, 11) is 0. The molecule has 116 valence electrons. The average Bonchev–Trinajstić information content (AvgIpc) is 2.48. The third kappa shape index (κ3) is 4.87. The molecule has 0 radical (unpaired) electrons. The first-order chi connectivity index (χ1) is 10.6. The second-order valence-electron chi connectivity index (χ2n) is 4.66. The number of rotatable bonds is 6. The van der Waals surface area contributed by atoms with E-state index in [0.717, 1.165) is 3.57 Å². The molecule has 0 aliphatic carbocycles. The topological polar surface area (TPSA) is 64.3 Å². The lowest BCUT2D eigenvalue weighted by atomic mass is 10.2. The number of nitrogens with two attached hydrogens (primary N) is 1. The molecule has 0 unspecified atom stereocenters. The van der Waals surface area contributed by atoms with E-state index in [0.29, 0.717) is 24.5 Å². The Labute approximate surface area is 142 Å². The molecule has 0 fully saturated rings. The van der Waals surface area contributed by atoms with Crippen molar-refractivity contribution in [3.8, 4) is 5.75 Å². The molecule has 22 heavy (non-hydrogen) atoms. The number of para-hydroxylation sites is 2. The maximum Gasteiger partial charge on any atom is 0.224 e. The predicted molar refractivity (Wildman–Crippen MR) is 93.3 cm³/mol. The van der Waals surface area contributed by atoms with Gasteiger partial charge in [-0.05, 0) is 59.3 Å². The molecule has 6 heteroatoms. The highest BCUT2D eigenvalue weighted by Crippen LogP contribution is 2.20. The Kier molecular flexibility index (Phi) is 6.00. The first-order valence-corrected chi connectivity index (χ1v) is 7.86. The van der Waals surface area contributed by atoms with Crippen LogP contribution in [0.15, 0.2) is 42.5 Å². The minimum Gasteiger partial charge on any atom is -0.491 e. The van der Waals surface area contributed by atoms with E-state index in [1.54, 1.807) is 24.3 Å². The van der Waals surface area contributed by atoms with Crippen molar-refractivity contribution in [2.45, 2.75) is 12.8 Å². The largest absolute Gasteiger partial charge is 0.491 e. The molecule has 0 aromatic heterocycles. The van der Waals surface area contributed by atoms with Gasteiger partial charge >= 0.3 is 0 Å². The number of hydrogen-bond acceptors (Lipinski definition) is 3. The highest BCUT2D eigenvalue weighted by molar-refractivity contribution is 14.1. The number of ether oxygens (including phenoxy) is 1. The molecule has 0 bridgehead atoms. The Morgan fingerprint density at radius 2 is 2.05 bits per heavy atom. The van der Waals surface area contributed by atoms with Crippen molar-refractivity contribution in [1.29, 1.82) is 0 Å². The summed E-state index contributed by atoms with van der Waals surface area (Å²) >= 11 is 2.01. The van der Waals surface area contributed by atoms with E-state index < -0.39 is 5.82 Å². The third-order valence-electron chi connectivity index (χ3n) is 2.93. The van der Waals surface area contributed by atoms with Gasteiger partial charge in [0.2, 0.25) is 5.91 Å². The van der Waals surface area contributed by atoms with Crippen LogP contribution in [0.25, 0.3) is 0 Å². The lowest BCUT2D eigenvalue weighted by Crippen LogP contribution is -2.14. The average molecular weight is 414 g/mol. The molecule has 2 aromatic carbocycles. The number of benzene rings is 2. The molecule has 0 atom stereocenters. The van der Waals surface area contributed by atoms with Crippen molar-refractivity contribution >= 4 is 39.9 Å². The number of carbonyl (C=O) groups excluding carboxylic acids is 1. The Morgan fingerprint density at radius 3 is 2.77 bits per heavy atom. The molecule has 0 saturated heterocycles. The lowest BCUT2D eigenvalue weighted by molar-refractivity contribution is -0.116. The number of nitrogen functional groups attached to an aromatic ring is 1. The molecule has 2 rings (SSSR count). The van der Waals surface area contributed by atoms with Gasteiger partial charge in [0.25, 0.3) is 0 Å². The minimum absolute atomic E-state index is 0.193. The summed E-state index contributed by atoms with van der Waals surface area (Å²) in [5.41, 5.74) is 6.50. The van der Waals surface area contributed by atoms with E-state index in [4.69, 9.17) is 10.5 Å². The smallest absolute Gasteiger partial charge is 0.224 e. The van der Waals surface area contributed by atoms with Gasteiger partial charge in [-0.3, -0.25) is 4.79 Å². The lowest BCUT2D eigenvalue weighted by Gasteiger charge is -2.09. The fourth-order valence-corrected chi connectivity index (χ4v) is 2.28. The van der Waals surface area contributed by atoms with Gasteiger partial charge in [0, 0.05) is 9.99 Å². The molecule has 2 aromatic rings. The van der Waals surface area contributed by atoms with Crippen LogP contribution in [0.1, 0.15) is 12.8 Å². The normalized spacial score (nSPS) is 10.3. The van der Waals surface area contributed by atoms with Crippen LogP contribution in [0, 0.1) is 9.39 Å². The predicted octanol–water partition coefficient (Wildman–Crippen LogP) is 3.81. The van der Waals surface area contributed by atoms with E-state index in [9.17, 15) is 9.18 Å². The van der Waals surface area contributed by atoms with Crippen molar-refractivity contribution in [3.05, 3.63) is 51.9 Å². The molecule has 0 spiro atoms. The number of anilines is 2. The molecule has 0 saturated carbocycles. The van der Waals surface area contributed by atoms with Crippen LogP contribution < -0.4 is 15.8 Å². The second-order valence-corrected chi connectivity index (χ2v) is 5.91. The quantitative estimate of drug-likeness (QED) is 0.429. The molecule has 0 aliphatic heterocycles. The summed E-state index contributed by atoms with van der Waals surface area (Å²) in [5.74, 6) is -0.0788. The second kappa shape index (κ2) is 7.98. The van der Waals surface area contributed by atoms with Crippen molar-refractivity contribution in [2.75, 3.05) is 17.7 Å². The Balaban J connectivity index is 1.75. The van der Waals surface area contributed by atoms with E-state index in [1.165, 1.54) is 6.07 Å². The summed E-state index contributed by atoms with van der Waals surface area (Å²) in [6.07, 6.45) is 0.768. The van der Waals surface area contributed by atoms with Gasteiger partial charge in [-0.2, -0.15) is 0 Å². The number of hydrogen-bond donors (Lipinski definition) is 2. The first kappa shape index (κ1) is 16.5. The molecule has 4 nitrogen and oxygen atoms in total. The Bertz CT molecular complexity index is 664. The molecular formula is C16H16FIN2O2. The van der Waals surface area contributed by atoms with Crippen LogP contribution in [0.3, 0.4) is 0 Å². The number of halogens is 2. The number of nitrogens with one attached hydrogen (secondary N) is 1. The highest BCUT2D eigenvalue weighted by Gasteiger charge is 2.07. The van der Waals surface area contributed by atoms with Gasteiger partial charge in [0.1, 0.15) is 11.6 Å². The van der Waals surface area contributed by atoms with Gasteiger partial charge in [-0.1, -0.05) is 12.1 Å². The van der Waals surface area contributed by atoms with E-state index in [-0.39, 0.29) is 18.0 Å². The molecule has 1 amide bonds. The minimum atomic E-state index is -0.437. The van der Waals surface area contributed by atoms with Crippen LogP contribution in [0.5, 0.6) is 5.75 Å². The maximum absolute atomic E-state index is 13.6. The zero-order chi connectivity index (χ0) is 15.9. The van der Waals surface area contributed by atoms with E-state index in [2.05, 4.69) is 5.32 Å². The van der Waals surface area contributed by atoms with Gasteiger partial charge in [0.05, 0.1) is 18.0 Å². The monoisotopic (exact) mass is 414 g/mol. The summed E-state index contributed by atoms with van der Waals surface area (Å²) in [6, 6.07) is 11.8. The van der Waals surface area contributed by atoms with E-state index in [1.807, 2.05) is 34.7 Å². The van der Waals surface area contributed by atoms with Crippen molar-refractivity contribution in [3.63, 3.8) is 0 Å². The van der Waals surface area contributed by atoms with Crippen LogP contribution >= 0.6 is 22.6 Å². The fourth-order valence-electron chi connectivity index (χ4n) is 1.83. The molecule has 0 aliphatic rings. The summed E-state index contributed by atoms with van der Waals surface area (Å²) in [4.78, 5) is 11.8. The molecular weight excluding hydrogens is 398 g/mol. The first-order valence-electron chi connectivity index (χ1n) is 6.78. The standard InChI is InChI=1S/C16H16FIN2O2/c17-12-10-11(18)7-8-14(12)20-16(21)6-3-9-22-15-5-2-1-4-13(15)19/h1-2,4-5,7-8,10H,3,6,9,19H2,(H,20,21). The van der Waals surface area contributed by atoms with Gasteiger partial charge in [-0.15, -0.1) is 0 Å². The van der Waals surface area contributed by atoms with E-state index >= 15 is 0 Å². The van der Waals surface area contributed by atoms with Crippen LogP contribution in [0.4, 0.5) is 15.8 Å². The summed E-state index contributed by atoms with van der Waals surface area (Å²) < 4.78 is 19.9. The summed E-state index contributed by atoms with van der Waals surface area (Å²) in [5, 5.41) is 2.55. The highest BCUT2D eigenvalue weighted by atomic mass is 127. The molecule has 3 N–H and O–H groups in total. The summed E-state index contributed by atoms with van der Waals surface area (Å²) in [6.45, 7) is 0.372. The number of amides is 1. The van der Waals surface area contributed by atoms with Crippen molar-refractivity contribution in [2.24, 2.45) is 0 Å².